The molecular formula is C16H24N2O3. The van der Waals surface area contributed by atoms with Gasteiger partial charge in [-0.15, -0.1) is 0 Å². The number of ether oxygens (including phenoxy) is 1. The summed E-state index contributed by atoms with van der Waals surface area (Å²) in [6.07, 6.45) is 2.88. The highest BCUT2D eigenvalue weighted by Crippen LogP contribution is 2.27. The van der Waals surface area contributed by atoms with Gasteiger partial charge in [0, 0.05) is 12.6 Å². The fourth-order valence-electron chi connectivity index (χ4n) is 2.43. The number of benzene rings is 1. The van der Waals surface area contributed by atoms with E-state index in [0.29, 0.717) is 12.6 Å². The predicted octanol–water partition coefficient (Wildman–Crippen LogP) is 2.31. The van der Waals surface area contributed by atoms with Gasteiger partial charge in [0.1, 0.15) is 5.75 Å². The molecule has 5 heteroatoms. The smallest absolute Gasteiger partial charge is 0.318 e. The summed E-state index contributed by atoms with van der Waals surface area (Å²) in [5.41, 5.74) is 1.06. The van der Waals surface area contributed by atoms with Crippen LogP contribution in [0.1, 0.15) is 37.8 Å². The van der Waals surface area contributed by atoms with Crippen LogP contribution in [-0.2, 0) is 0 Å². The molecule has 5 nitrogen and oxygen atoms in total. The molecule has 0 saturated heterocycles. The van der Waals surface area contributed by atoms with Crippen molar-refractivity contribution in [2.75, 3.05) is 20.3 Å². The summed E-state index contributed by atoms with van der Waals surface area (Å²) in [6, 6.07) is 7.93. The molecule has 1 aromatic carbocycles. The lowest BCUT2D eigenvalue weighted by atomic mass is 10.0. The van der Waals surface area contributed by atoms with Crippen LogP contribution in [0, 0.1) is 0 Å². The van der Waals surface area contributed by atoms with Gasteiger partial charge in [0.25, 0.3) is 0 Å². The quantitative estimate of drug-likeness (QED) is 0.810. The van der Waals surface area contributed by atoms with Crippen LogP contribution in [0.15, 0.2) is 24.3 Å². The van der Waals surface area contributed by atoms with Crippen LogP contribution in [0.5, 0.6) is 5.75 Å². The molecule has 2 amide bonds. The molecule has 116 valence electrons. The zero-order valence-electron chi connectivity index (χ0n) is 12.7. The maximum atomic E-state index is 12.4. The lowest BCUT2D eigenvalue weighted by molar-refractivity contribution is 0.170. The minimum Gasteiger partial charge on any atom is -0.497 e. The Bertz CT molecular complexity index is 457. The fourth-order valence-corrected chi connectivity index (χ4v) is 2.43. The Labute approximate surface area is 125 Å². The number of rotatable bonds is 7. The SMILES string of the molecule is CCC(NC(=O)N(CCO)C1CC1)c1ccc(OC)cc1. The van der Waals surface area contributed by atoms with Crippen molar-refractivity contribution >= 4 is 6.03 Å². The number of aliphatic hydroxyl groups excluding tert-OH is 1. The molecule has 0 bridgehead atoms. The molecule has 1 aromatic rings. The van der Waals surface area contributed by atoms with E-state index in [0.717, 1.165) is 30.6 Å². The summed E-state index contributed by atoms with van der Waals surface area (Å²) >= 11 is 0. The second-order valence-corrected chi connectivity index (χ2v) is 5.33. The third-order valence-electron chi connectivity index (χ3n) is 3.81. The van der Waals surface area contributed by atoms with E-state index in [1.807, 2.05) is 31.2 Å². The van der Waals surface area contributed by atoms with Gasteiger partial charge in [-0.3, -0.25) is 0 Å². The van der Waals surface area contributed by atoms with Crippen LogP contribution in [0.4, 0.5) is 4.79 Å². The third kappa shape index (κ3) is 4.11. The normalized spacial score (nSPS) is 15.4. The van der Waals surface area contributed by atoms with Crippen LogP contribution in [0.25, 0.3) is 0 Å². The van der Waals surface area contributed by atoms with E-state index in [1.54, 1.807) is 12.0 Å². The molecule has 0 aliphatic heterocycles. The van der Waals surface area contributed by atoms with Crippen molar-refractivity contribution in [2.24, 2.45) is 0 Å². The number of methoxy groups -OCH3 is 1. The number of nitrogens with one attached hydrogen (secondary N) is 1. The molecular weight excluding hydrogens is 268 g/mol. The van der Waals surface area contributed by atoms with Crippen LogP contribution >= 0.6 is 0 Å². The Morgan fingerprint density at radius 2 is 2.10 bits per heavy atom. The van der Waals surface area contributed by atoms with Gasteiger partial charge < -0.3 is 20.1 Å². The Balaban J connectivity index is 2.01. The van der Waals surface area contributed by atoms with Crippen molar-refractivity contribution in [2.45, 2.75) is 38.3 Å². The first-order valence-corrected chi connectivity index (χ1v) is 7.51. The first-order valence-electron chi connectivity index (χ1n) is 7.51. The van der Waals surface area contributed by atoms with Gasteiger partial charge >= 0.3 is 6.03 Å². The maximum absolute atomic E-state index is 12.4. The van der Waals surface area contributed by atoms with E-state index in [1.165, 1.54) is 0 Å². The molecule has 1 saturated carbocycles. The summed E-state index contributed by atoms with van der Waals surface area (Å²) in [6.45, 7) is 2.45. The van der Waals surface area contributed by atoms with Gasteiger partial charge in [0.2, 0.25) is 0 Å². The third-order valence-corrected chi connectivity index (χ3v) is 3.81. The molecule has 1 atom stereocenters. The molecule has 0 aromatic heterocycles. The number of hydrogen-bond donors (Lipinski definition) is 2. The van der Waals surface area contributed by atoms with Crippen LogP contribution in [0.2, 0.25) is 0 Å². The number of aliphatic hydroxyl groups is 1. The number of amides is 2. The Kier molecular flexibility index (Phi) is 5.44. The first kappa shape index (κ1) is 15.6. The van der Waals surface area contributed by atoms with Crippen molar-refractivity contribution in [3.05, 3.63) is 29.8 Å². The topological polar surface area (TPSA) is 61.8 Å². The van der Waals surface area contributed by atoms with E-state index in [9.17, 15) is 4.79 Å². The maximum Gasteiger partial charge on any atom is 0.318 e. The second-order valence-electron chi connectivity index (χ2n) is 5.33. The van der Waals surface area contributed by atoms with Crippen molar-refractivity contribution in [1.29, 1.82) is 0 Å². The number of nitrogens with zero attached hydrogens (tertiary/aromatic N) is 1. The summed E-state index contributed by atoms with van der Waals surface area (Å²) in [5.74, 6) is 0.805. The van der Waals surface area contributed by atoms with Gasteiger partial charge in [-0.25, -0.2) is 4.79 Å². The van der Waals surface area contributed by atoms with Crippen molar-refractivity contribution in [3.63, 3.8) is 0 Å². The summed E-state index contributed by atoms with van der Waals surface area (Å²) in [7, 11) is 1.64. The molecule has 0 heterocycles. The molecule has 0 spiro atoms. The molecule has 1 aliphatic carbocycles. The number of carbonyl (C=O) groups excluding carboxylic acids is 1. The highest BCUT2D eigenvalue weighted by molar-refractivity contribution is 5.75. The van der Waals surface area contributed by atoms with E-state index < -0.39 is 0 Å². The zero-order chi connectivity index (χ0) is 15.2. The molecule has 21 heavy (non-hydrogen) atoms. The first-order chi connectivity index (χ1) is 10.2. The van der Waals surface area contributed by atoms with Crippen molar-refractivity contribution < 1.29 is 14.6 Å². The Morgan fingerprint density at radius 1 is 1.43 bits per heavy atom. The summed E-state index contributed by atoms with van der Waals surface area (Å²) in [5, 5.41) is 12.2. The number of urea groups is 1. The standard InChI is InChI=1S/C16H24N2O3/c1-3-15(12-4-8-14(21-2)9-5-12)17-16(20)18(10-11-19)13-6-7-13/h4-5,8-9,13,15,19H,3,6-7,10-11H2,1-2H3,(H,17,20). The van der Waals surface area contributed by atoms with Gasteiger partial charge in [0.05, 0.1) is 19.8 Å². The van der Waals surface area contributed by atoms with Gasteiger partial charge in [-0.05, 0) is 37.0 Å². The lowest BCUT2D eigenvalue weighted by Crippen LogP contribution is -2.44. The average molecular weight is 292 g/mol. The minimum absolute atomic E-state index is 0.00322. The highest BCUT2D eigenvalue weighted by Gasteiger charge is 2.32. The number of hydrogen-bond acceptors (Lipinski definition) is 3. The van der Waals surface area contributed by atoms with E-state index in [4.69, 9.17) is 9.84 Å². The minimum atomic E-state index is -0.0887. The average Bonchev–Trinajstić information content (AvgIpc) is 3.35. The molecule has 2 N–H and O–H groups in total. The monoisotopic (exact) mass is 292 g/mol. The Morgan fingerprint density at radius 3 is 2.57 bits per heavy atom. The largest absolute Gasteiger partial charge is 0.497 e. The molecule has 1 unspecified atom stereocenters. The second kappa shape index (κ2) is 7.31. The van der Waals surface area contributed by atoms with Crippen LogP contribution in [0.3, 0.4) is 0 Å². The van der Waals surface area contributed by atoms with Crippen molar-refractivity contribution in [3.8, 4) is 5.75 Å². The van der Waals surface area contributed by atoms with Gasteiger partial charge in [0.15, 0.2) is 0 Å². The molecule has 1 aliphatic rings. The molecule has 2 rings (SSSR count). The lowest BCUT2D eigenvalue weighted by Gasteiger charge is -2.26. The fraction of sp³-hybridized carbons (Fsp3) is 0.562. The molecule has 1 fully saturated rings. The molecule has 0 radical (unpaired) electrons. The summed E-state index contributed by atoms with van der Waals surface area (Å²) < 4.78 is 5.15. The van der Waals surface area contributed by atoms with E-state index in [2.05, 4.69) is 5.32 Å². The van der Waals surface area contributed by atoms with E-state index >= 15 is 0 Å². The zero-order valence-corrected chi connectivity index (χ0v) is 12.7. The van der Waals surface area contributed by atoms with E-state index in [-0.39, 0.29) is 18.7 Å². The Hall–Kier alpha value is -1.75. The summed E-state index contributed by atoms with van der Waals surface area (Å²) in [4.78, 5) is 14.1. The van der Waals surface area contributed by atoms with Crippen LogP contribution < -0.4 is 10.1 Å². The highest BCUT2D eigenvalue weighted by atomic mass is 16.5. The van der Waals surface area contributed by atoms with Gasteiger partial charge in [-0.2, -0.15) is 0 Å². The number of carbonyl (C=O) groups is 1. The van der Waals surface area contributed by atoms with Crippen LogP contribution in [-0.4, -0.2) is 42.3 Å². The van der Waals surface area contributed by atoms with Gasteiger partial charge in [-0.1, -0.05) is 19.1 Å². The predicted molar refractivity (Wildman–Crippen MR) is 81.4 cm³/mol. The van der Waals surface area contributed by atoms with Crippen molar-refractivity contribution in [1.82, 2.24) is 10.2 Å².